The van der Waals surface area contributed by atoms with Crippen LogP contribution in [0.4, 0.5) is 4.39 Å². The Balaban J connectivity index is 1.34. The van der Waals surface area contributed by atoms with E-state index in [-0.39, 0.29) is 18.5 Å². The van der Waals surface area contributed by atoms with E-state index in [1.54, 1.807) is 12.1 Å². The molecule has 2 N–H and O–H groups in total. The zero-order valence-corrected chi connectivity index (χ0v) is 15.0. The Kier molecular flexibility index (Phi) is 5.22. The van der Waals surface area contributed by atoms with E-state index in [2.05, 4.69) is 9.88 Å². The van der Waals surface area contributed by atoms with E-state index in [0.29, 0.717) is 12.3 Å². The number of aliphatic hydroxyl groups is 1. The summed E-state index contributed by atoms with van der Waals surface area (Å²) >= 11 is 0. The van der Waals surface area contributed by atoms with Gasteiger partial charge in [0.1, 0.15) is 30.1 Å². The number of hydrogen-bond acceptors (Lipinski definition) is 4. The van der Waals surface area contributed by atoms with Gasteiger partial charge in [0.25, 0.3) is 0 Å². The van der Waals surface area contributed by atoms with E-state index < -0.39 is 6.10 Å². The fraction of sp³-hybridized carbons (Fsp3) is 0.550. The van der Waals surface area contributed by atoms with E-state index in [0.717, 1.165) is 38.1 Å². The van der Waals surface area contributed by atoms with Crippen molar-refractivity contribution < 1.29 is 14.2 Å². The number of β-amino-alcohol motifs (C(OH)–C–C–N with tert-alkyl or cyclic N) is 1. The van der Waals surface area contributed by atoms with E-state index in [1.807, 2.05) is 0 Å². The Morgan fingerprint density at radius 1 is 1.23 bits per heavy atom. The molecule has 1 aromatic carbocycles. The summed E-state index contributed by atoms with van der Waals surface area (Å²) in [6.07, 6.45) is 6.23. The van der Waals surface area contributed by atoms with Crippen LogP contribution in [0.5, 0.6) is 5.75 Å². The lowest BCUT2D eigenvalue weighted by Gasteiger charge is -2.25. The highest BCUT2D eigenvalue weighted by atomic mass is 19.1. The molecule has 1 fully saturated rings. The molecule has 2 aliphatic rings. The van der Waals surface area contributed by atoms with Crippen LogP contribution in [0.3, 0.4) is 0 Å². The van der Waals surface area contributed by atoms with Crippen molar-refractivity contribution in [1.29, 1.82) is 0 Å². The second kappa shape index (κ2) is 7.76. The van der Waals surface area contributed by atoms with E-state index in [4.69, 9.17) is 9.72 Å². The lowest BCUT2D eigenvalue weighted by atomic mass is 10.0. The number of fused-ring (bicyclic) bond motifs is 1. The van der Waals surface area contributed by atoms with E-state index >= 15 is 0 Å². The Bertz CT molecular complexity index is 708. The molecule has 0 unspecified atom stereocenters. The van der Waals surface area contributed by atoms with Crippen molar-refractivity contribution in [2.75, 3.05) is 19.7 Å². The fourth-order valence-corrected chi connectivity index (χ4v) is 4.03. The lowest BCUT2D eigenvalue weighted by Crippen LogP contribution is -2.35. The summed E-state index contributed by atoms with van der Waals surface area (Å²) in [7, 11) is 0. The number of imidazole rings is 1. The molecular weight excluding hydrogens is 333 g/mol. The molecule has 0 radical (unpaired) electrons. The summed E-state index contributed by atoms with van der Waals surface area (Å²) < 4.78 is 18.5. The SMILES string of the molecule is O[C@@H](COc1ccc(F)cc1)CN1CCC[C@@H]1c1nc2c([nH]1)CCCC2. The van der Waals surface area contributed by atoms with Crippen LogP contribution in [0.2, 0.25) is 0 Å². The molecule has 26 heavy (non-hydrogen) atoms. The van der Waals surface area contributed by atoms with Crippen LogP contribution in [0.1, 0.15) is 48.9 Å². The number of aliphatic hydroxyl groups excluding tert-OH is 1. The van der Waals surface area contributed by atoms with Crippen molar-refractivity contribution >= 4 is 0 Å². The van der Waals surface area contributed by atoms with Crippen LogP contribution in [-0.4, -0.2) is 45.8 Å². The van der Waals surface area contributed by atoms with Crippen LogP contribution in [0.25, 0.3) is 0 Å². The maximum Gasteiger partial charge on any atom is 0.124 e. The van der Waals surface area contributed by atoms with Gasteiger partial charge in [-0.15, -0.1) is 0 Å². The molecule has 5 nitrogen and oxygen atoms in total. The highest BCUT2D eigenvalue weighted by Crippen LogP contribution is 2.32. The van der Waals surface area contributed by atoms with Crippen molar-refractivity contribution in [3.8, 4) is 5.75 Å². The van der Waals surface area contributed by atoms with Crippen molar-refractivity contribution in [2.24, 2.45) is 0 Å². The van der Waals surface area contributed by atoms with Gasteiger partial charge in [0.05, 0.1) is 11.7 Å². The first kappa shape index (κ1) is 17.5. The summed E-state index contributed by atoms with van der Waals surface area (Å²) in [5.74, 6) is 1.34. The molecule has 2 heterocycles. The number of ether oxygens (including phenoxy) is 1. The molecule has 0 spiro atoms. The number of H-pyrrole nitrogens is 1. The number of hydrogen-bond donors (Lipinski definition) is 2. The average Bonchev–Trinajstić information content (AvgIpc) is 3.27. The third kappa shape index (κ3) is 3.91. The van der Waals surface area contributed by atoms with Gasteiger partial charge < -0.3 is 14.8 Å². The second-order valence-electron chi connectivity index (χ2n) is 7.33. The van der Waals surface area contributed by atoms with Gasteiger partial charge in [-0.1, -0.05) is 0 Å². The van der Waals surface area contributed by atoms with E-state index in [9.17, 15) is 9.50 Å². The highest BCUT2D eigenvalue weighted by molar-refractivity contribution is 5.22. The molecular formula is C20H26FN3O2. The van der Waals surface area contributed by atoms with E-state index in [1.165, 1.54) is 36.4 Å². The fourth-order valence-electron chi connectivity index (χ4n) is 4.03. The van der Waals surface area contributed by atoms with Gasteiger partial charge in [-0.25, -0.2) is 9.37 Å². The first-order chi connectivity index (χ1) is 12.7. The monoisotopic (exact) mass is 359 g/mol. The predicted octanol–water partition coefficient (Wildman–Crippen LogP) is 3.00. The summed E-state index contributed by atoms with van der Waals surface area (Å²) in [5.41, 5.74) is 2.54. The Morgan fingerprint density at radius 3 is 2.85 bits per heavy atom. The number of aromatic nitrogens is 2. The maximum atomic E-state index is 12.9. The van der Waals surface area contributed by atoms with Gasteiger partial charge >= 0.3 is 0 Å². The Morgan fingerprint density at radius 2 is 2.04 bits per heavy atom. The van der Waals surface area contributed by atoms with Gasteiger partial charge in [-0.3, -0.25) is 4.90 Å². The number of nitrogens with zero attached hydrogens (tertiary/aromatic N) is 2. The minimum absolute atomic E-state index is 0.198. The van der Waals surface area contributed by atoms with Crippen LogP contribution >= 0.6 is 0 Å². The van der Waals surface area contributed by atoms with Crippen LogP contribution in [-0.2, 0) is 12.8 Å². The molecule has 2 aromatic rings. The third-order valence-electron chi connectivity index (χ3n) is 5.35. The number of likely N-dealkylation sites (tertiary alicyclic amines) is 1. The zero-order valence-electron chi connectivity index (χ0n) is 15.0. The summed E-state index contributed by atoms with van der Waals surface area (Å²) in [5, 5.41) is 10.4. The predicted molar refractivity (Wildman–Crippen MR) is 96.7 cm³/mol. The molecule has 0 bridgehead atoms. The summed E-state index contributed by atoms with van der Waals surface area (Å²) in [6, 6.07) is 6.12. The number of rotatable bonds is 6. The number of halogens is 1. The standard InChI is InChI=1S/C20H26FN3O2/c21-14-7-9-16(10-8-14)26-13-15(25)12-24-11-3-6-19(24)20-22-17-4-1-2-5-18(17)23-20/h7-10,15,19,25H,1-6,11-13H2,(H,22,23)/t15-,19-/m1/s1. The van der Waals surface area contributed by atoms with Crippen LogP contribution in [0.15, 0.2) is 24.3 Å². The highest BCUT2D eigenvalue weighted by Gasteiger charge is 2.31. The van der Waals surface area contributed by atoms with Crippen molar-refractivity contribution in [1.82, 2.24) is 14.9 Å². The van der Waals surface area contributed by atoms with Crippen LogP contribution in [0, 0.1) is 5.82 Å². The number of benzene rings is 1. The first-order valence-corrected chi connectivity index (χ1v) is 9.57. The van der Waals surface area contributed by atoms with Gasteiger partial charge in [0, 0.05) is 12.2 Å². The van der Waals surface area contributed by atoms with Crippen molar-refractivity contribution in [3.05, 3.63) is 47.3 Å². The van der Waals surface area contributed by atoms with Gasteiger partial charge in [0.2, 0.25) is 0 Å². The van der Waals surface area contributed by atoms with Crippen molar-refractivity contribution in [3.63, 3.8) is 0 Å². The minimum atomic E-state index is -0.592. The smallest absolute Gasteiger partial charge is 0.124 e. The molecule has 0 saturated carbocycles. The van der Waals surface area contributed by atoms with Gasteiger partial charge in [-0.05, 0) is 69.3 Å². The quantitative estimate of drug-likeness (QED) is 0.832. The van der Waals surface area contributed by atoms with Gasteiger partial charge in [-0.2, -0.15) is 0 Å². The first-order valence-electron chi connectivity index (χ1n) is 9.57. The second-order valence-corrected chi connectivity index (χ2v) is 7.33. The number of aromatic amines is 1. The van der Waals surface area contributed by atoms with Gasteiger partial charge in [0.15, 0.2) is 0 Å². The summed E-state index contributed by atoms with van der Waals surface area (Å²) in [6.45, 7) is 1.71. The molecule has 2 atom stereocenters. The average molecular weight is 359 g/mol. The number of nitrogens with one attached hydrogen (secondary N) is 1. The molecule has 1 aliphatic carbocycles. The molecule has 1 aliphatic heterocycles. The zero-order chi connectivity index (χ0) is 17.9. The van der Waals surface area contributed by atoms with Crippen LogP contribution < -0.4 is 4.74 Å². The molecule has 4 rings (SSSR count). The lowest BCUT2D eigenvalue weighted by molar-refractivity contribution is 0.0628. The molecule has 0 amide bonds. The molecule has 6 heteroatoms. The molecule has 1 aromatic heterocycles. The largest absolute Gasteiger partial charge is 0.491 e. The number of aryl methyl sites for hydroxylation is 2. The topological polar surface area (TPSA) is 61.4 Å². The molecule has 140 valence electrons. The normalized spacial score (nSPS) is 21.5. The molecule has 1 saturated heterocycles. The minimum Gasteiger partial charge on any atom is -0.491 e. The summed E-state index contributed by atoms with van der Waals surface area (Å²) in [4.78, 5) is 10.7. The van der Waals surface area contributed by atoms with Crippen molar-refractivity contribution in [2.45, 2.75) is 50.7 Å². The third-order valence-corrected chi connectivity index (χ3v) is 5.35. The maximum absolute atomic E-state index is 12.9. The Hall–Kier alpha value is -1.92. The Labute approximate surface area is 153 Å².